The third-order valence-corrected chi connectivity index (χ3v) is 4.46. The van der Waals surface area contributed by atoms with Gasteiger partial charge in [0.25, 0.3) is 0 Å². The lowest BCUT2D eigenvalue weighted by atomic mass is 9.94. The van der Waals surface area contributed by atoms with Gasteiger partial charge in [-0.1, -0.05) is 68.3 Å². The maximum absolute atomic E-state index is 12.3. The number of benzene rings is 1. The molecular weight excluding hydrogens is 363 g/mol. The molecule has 0 amide bonds. The molecule has 1 aromatic rings. The maximum atomic E-state index is 12.3. The van der Waals surface area contributed by atoms with E-state index in [1.807, 2.05) is 0 Å². The highest BCUT2D eigenvalue weighted by Crippen LogP contribution is 2.34. The Balaban J connectivity index is 2.49. The second kappa shape index (κ2) is 10.7. The average molecular weight is 389 g/mol. The van der Waals surface area contributed by atoms with Gasteiger partial charge in [-0.05, 0) is 32.4 Å². The molecule has 0 aliphatic carbocycles. The van der Waals surface area contributed by atoms with E-state index in [0.717, 1.165) is 19.3 Å². The Labute approximate surface area is 159 Å². The van der Waals surface area contributed by atoms with E-state index in [4.69, 9.17) is 32.7 Å². The average Bonchev–Trinajstić information content (AvgIpc) is 2.57. The van der Waals surface area contributed by atoms with Gasteiger partial charge in [-0.15, -0.1) is 0 Å². The van der Waals surface area contributed by atoms with E-state index < -0.39 is 17.4 Å². The van der Waals surface area contributed by atoms with E-state index in [-0.39, 0.29) is 15.8 Å². The smallest absolute Gasteiger partial charge is 0.328 e. The number of esters is 2. The van der Waals surface area contributed by atoms with Gasteiger partial charge in [-0.2, -0.15) is 0 Å². The molecule has 4 nitrogen and oxygen atoms in total. The van der Waals surface area contributed by atoms with Gasteiger partial charge in [0.2, 0.25) is 0 Å². The molecule has 0 unspecified atom stereocenters. The fourth-order valence-corrected chi connectivity index (χ4v) is 2.59. The number of hydrogen-bond acceptors (Lipinski definition) is 4. The molecule has 140 valence electrons. The van der Waals surface area contributed by atoms with E-state index in [0.29, 0.717) is 6.61 Å². The molecule has 0 heterocycles. The van der Waals surface area contributed by atoms with Gasteiger partial charge < -0.3 is 9.47 Å². The quantitative estimate of drug-likeness (QED) is 0.219. The predicted molar refractivity (Wildman–Crippen MR) is 100 cm³/mol. The minimum Gasteiger partial charge on any atom is -0.465 e. The van der Waals surface area contributed by atoms with E-state index in [1.165, 1.54) is 33.1 Å². The van der Waals surface area contributed by atoms with Gasteiger partial charge in [0.15, 0.2) is 11.2 Å². The first kappa shape index (κ1) is 21.8. The molecule has 1 rings (SSSR count). The Hall–Kier alpha value is -1.26. The summed E-state index contributed by atoms with van der Waals surface area (Å²) >= 11 is 12.0. The van der Waals surface area contributed by atoms with Crippen LogP contribution in [0.25, 0.3) is 0 Å². The fraction of sp³-hybridized carbons (Fsp3) is 0.579. The van der Waals surface area contributed by atoms with E-state index in [9.17, 15) is 9.59 Å². The van der Waals surface area contributed by atoms with Crippen LogP contribution < -0.4 is 4.74 Å². The maximum Gasteiger partial charge on any atom is 0.328 e. The number of hydrogen-bond donors (Lipinski definition) is 0. The number of halogens is 2. The molecule has 0 aromatic heterocycles. The van der Waals surface area contributed by atoms with Crippen LogP contribution in [0.1, 0.15) is 59.3 Å². The van der Waals surface area contributed by atoms with Crippen molar-refractivity contribution in [1.82, 2.24) is 0 Å². The summed E-state index contributed by atoms with van der Waals surface area (Å²) in [7, 11) is 0. The Morgan fingerprint density at radius 1 is 0.960 bits per heavy atom. The molecule has 1 aromatic carbocycles. The van der Waals surface area contributed by atoms with Crippen LogP contribution in [0.5, 0.6) is 5.75 Å². The van der Waals surface area contributed by atoms with Crippen LogP contribution >= 0.6 is 23.2 Å². The SMILES string of the molecule is CCCCCCCCOC(=O)C(C)(C)C(=O)Oc1c(Cl)cccc1Cl. The molecule has 25 heavy (non-hydrogen) atoms. The predicted octanol–water partition coefficient (Wildman–Crippen LogP) is 5.83. The Morgan fingerprint density at radius 2 is 1.52 bits per heavy atom. The molecular formula is C19H26Cl2O4. The minimum absolute atomic E-state index is 0.0487. The van der Waals surface area contributed by atoms with Crippen LogP contribution in [0.15, 0.2) is 18.2 Å². The monoisotopic (exact) mass is 388 g/mol. The summed E-state index contributed by atoms with van der Waals surface area (Å²) in [6, 6.07) is 4.75. The van der Waals surface area contributed by atoms with Crippen molar-refractivity contribution in [1.29, 1.82) is 0 Å². The lowest BCUT2D eigenvalue weighted by Crippen LogP contribution is -2.38. The van der Waals surface area contributed by atoms with Crippen molar-refractivity contribution in [2.75, 3.05) is 6.61 Å². The number of para-hydroxylation sites is 1. The highest BCUT2D eigenvalue weighted by Gasteiger charge is 2.40. The summed E-state index contributed by atoms with van der Waals surface area (Å²) in [6.07, 6.45) is 6.54. The van der Waals surface area contributed by atoms with Gasteiger partial charge in [-0.3, -0.25) is 9.59 Å². The molecule has 0 bridgehead atoms. The second-order valence-corrected chi connectivity index (χ2v) is 7.28. The van der Waals surface area contributed by atoms with Crippen molar-refractivity contribution in [2.24, 2.45) is 5.41 Å². The van der Waals surface area contributed by atoms with Gasteiger partial charge in [0.05, 0.1) is 16.7 Å². The summed E-state index contributed by atoms with van der Waals surface area (Å²) in [4.78, 5) is 24.6. The van der Waals surface area contributed by atoms with Crippen molar-refractivity contribution in [2.45, 2.75) is 59.3 Å². The third-order valence-electron chi connectivity index (χ3n) is 3.87. The lowest BCUT2D eigenvalue weighted by molar-refractivity contribution is -0.164. The summed E-state index contributed by atoms with van der Waals surface area (Å²) in [5.41, 5.74) is -1.44. The molecule has 6 heteroatoms. The van der Waals surface area contributed by atoms with Crippen LogP contribution in [-0.2, 0) is 14.3 Å². The van der Waals surface area contributed by atoms with E-state index >= 15 is 0 Å². The molecule has 0 saturated carbocycles. The largest absolute Gasteiger partial charge is 0.465 e. The summed E-state index contributed by atoms with van der Waals surface area (Å²) in [5, 5.41) is 0.411. The summed E-state index contributed by atoms with van der Waals surface area (Å²) < 4.78 is 10.5. The van der Waals surface area contributed by atoms with Crippen molar-refractivity contribution >= 4 is 35.1 Å². The van der Waals surface area contributed by atoms with E-state index in [1.54, 1.807) is 18.2 Å². The van der Waals surface area contributed by atoms with Crippen LogP contribution in [-0.4, -0.2) is 18.5 Å². The zero-order valence-corrected chi connectivity index (χ0v) is 16.6. The zero-order valence-electron chi connectivity index (χ0n) is 15.1. The van der Waals surface area contributed by atoms with Crippen LogP contribution in [0.2, 0.25) is 10.0 Å². The van der Waals surface area contributed by atoms with Crippen molar-refractivity contribution in [3.8, 4) is 5.75 Å². The Bertz CT molecular complexity index is 565. The highest BCUT2D eigenvalue weighted by molar-refractivity contribution is 6.37. The summed E-state index contributed by atoms with van der Waals surface area (Å²) in [5.74, 6) is -1.32. The van der Waals surface area contributed by atoms with Crippen molar-refractivity contribution in [3.63, 3.8) is 0 Å². The first-order valence-corrected chi connectivity index (χ1v) is 9.39. The standard InChI is InChI=1S/C19H26Cl2O4/c1-4-5-6-7-8-9-13-24-17(22)19(2,3)18(23)25-16-14(20)11-10-12-15(16)21/h10-12H,4-9,13H2,1-3H3. The molecule has 0 aliphatic heterocycles. The van der Waals surface area contributed by atoms with Gasteiger partial charge in [-0.25, -0.2) is 0 Å². The summed E-state index contributed by atoms with van der Waals surface area (Å²) in [6.45, 7) is 5.39. The van der Waals surface area contributed by atoms with Gasteiger partial charge in [0, 0.05) is 0 Å². The first-order chi connectivity index (χ1) is 11.8. The molecule has 0 saturated heterocycles. The van der Waals surface area contributed by atoms with Crippen molar-refractivity contribution in [3.05, 3.63) is 28.2 Å². The number of carbonyl (C=O) groups is 2. The highest BCUT2D eigenvalue weighted by atomic mass is 35.5. The second-order valence-electron chi connectivity index (χ2n) is 6.47. The molecule has 0 N–H and O–H groups in total. The normalized spacial score (nSPS) is 11.2. The molecule has 0 fully saturated rings. The van der Waals surface area contributed by atoms with Gasteiger partial charge >= 0.3 is 11.9 Å². The van der Waals surface area contributed by atoms with Crippen molar-refractivity contribution < 1.29 is 19.1 Å². The molecule has 0 aliphatic rings. The van der Waals surface area contributed by atoms with Crippen LogP contribution in [0.3, 0.4) is 0 Å². The number of unbranched alkanes of at least 4 members (excludes halogenated alkanes) is 5. The number of carbonyl (C=O) groups excluding carboxylic acids is 2. The Morgan fingerprint density at radius 3 is 2.12 bits per heavy atom. The number of ether oxygens (including phenoxy) is 2. The lowest BCUT2D eigenvalue weighted by Gasteiger charge is -2.21. The fourth-order valence-electron chi connectivity index (χ4n) is 2.11. The topological polar surface area (TPSA) is 52.6 Å². The van der Waals surface area contributed by atoms with Gasteiger partial charge in [0.1, 0.15) is 0 Å². The zero-order chi connectivity index (χ0) is 18.9. The third kappa shape index (κ3) is 6.87. The van der Waals surface area contributed by atoms with Crippen LogP contribution in [0.4, 0.5) is 0 Å². The molecule has 0 radical (unpaired) electrons. The minimum atomic E-state index is -1.44. The van der Waals surface area contributed by atoms with Crippen LogP contribution in [0, 0.1) is 5.41 Å². The van der Waals surface area contributed by atoms with E-state index in [2.05, 4.69) is 6.92 Å². The number of rotatable bonds is 10. The first-order valence-electron chi connectivity index (χ1n) is 8.64. The Kier molecular flexibility index (Phi) is 9.30. The molecule has 0 atom stereocenters. The molecule has 0 spiro atoms.